The van der Waals surface area contributed by atoms with Gasteiger partial charge in [-0.3, -0.25) is 0 Å². The molecule has 2 nitrogen and oxygen atoms in total. The molecule has 4 heteroatoms. The van der Waals surface area contributed by atoms with Crippen LogP contribution in [-0.2, 0) is 15.8 Å². The Morgan fingerprint density at radius 1 is 1.10 bits per heavy atom. The third-order valence-electron chi connectivity index (χ3n) is 6.79. The van der Waals surface area contributed by atoms with Gasteiger partial charge in [0.1, 0.15) is 5.82 Å². The van der Waals surface area contributed by atoms with Gasteiger partial charge in [0.15, 0.2) is 0 Å². The first-order valence-corrected chi connectivity index (χ1v) is 11.7. The van der Waals surface area contributed by atoms with Gasteiger partial charge in [0, 0.05) is 4.90 Å². The minimum Gasteiger partial charge on any atom is -0.370 e. The zero-order valence-corrected chi connectivity index (χ0v) is 18.0. The van der Waals surface area contributed by atoms with E-state index >= 15 is 0 Å². The third kappa shape index (κ3) is 3.96. The number of nitrogens with zero attached hydrogens (tertiary/aromatic N) is 1. The molecule has 2 aromatic carbocycles. The molecule has 0 bridgehead atoms. The molecule has 0 unspecified atom stereocenters. The van der Waals surface area contributed by atoms with Crippen molar-refractivity contribution < 1.29 is 9.13 Å². The summed E-state index contributed by atoms with van der Waals surface area (Å²) < 4.78 is 21.3. The van der Waals surface area contributed by atoms with Gasteiger partial charge in [0.25, 0.3) is 0 Å². The zero-order chi connectivity index (χ0) is 20.5. The first-order chi connectivity index (χ1) is 14.0. The number of benzene rings is 2. The summed E-state index contributed by atoms with van der Waals surface area (Å²) in [4.78, 5) is 0.967. The second kappa shape index (κ2) is 8.13. The number of hydrogen-bond acceptors (Lipinski definition) is 3. The van der Waals surface area contributed by atoms with Crippen LogP contribution in [0.4, 0.5) is 4.39 Å². The van der Waals surface area contributed by atoms with E-state index in [-0.39, 0.29) is 5.82 Å². The number of thioether (sulfide) groups is 1. The lowest BCUT2D eigenvalue weighted by Gasteiger charge is -2.44. The number of hydrogen-bond donors (Lipinski definition) is 0. The van der Waals surface area contributed by atoms with Crippen LogP contribution in [0, 0.1) is 30.0 Å². The normalized spacial score (nSPS) is 26.8. The summed E-state index contributed by atoms with van der Waals surface area (Å²) in [5.41, 5.74) is 1.73. The number of nitriles is 1. The average Bonchev–Trinajstić information content (AvgIpc) is 3.60. The van der Waals surface area contributed by atoms with Crippen molar-refractivity contribution in [2.75, 3.05) is 12.9 Å². The second-order valence-corrected chi connectivity index (χ2v) is 9.44. The molecule has 0 heterocycles. The van der Waals surface area contributed by atoms with Crippen LogP contribution in [0.25, 0.3) is 0 Å². The first kappa shape index (κ1) is 20.4. The van der Waals surface area contributed by atoms with Gasteiger partial charge in [0.2, 0.25) is 0 Å². The Labute approximate surface area is 177 Å². The molecule has 2 fully saturated rings. The van der Waals surface area contributed by atoms with Crippen molar-refractivity contribution in [2.24, 2.45) is 5.92 Å². The predicted molar refractivity (Wildman–Crippen MR) is 115 cm³/mol. The minimum atomic E-state index is -0.503. The van der Waals surface area contributed by atoms with Gasteiger partial charge in [-0.2, -0.15) is 5.26 Å². The second-order valence-electron chi connectivity index (χ2n) is 8.59. The highest BCUT2D eigenvalue weighted by Gasteiger charge is 2.46. The summed E-state index contributed by atoms with van der Waals surface area (Å²) >= 11 is 1.58. The van der Waals surface area contributed by atoms with Gasteiger partial charge in [0.05, 0.1) is 23.7 Å². The summed E-state index contributed by atoms with van der Waals surface area (Å²) in [6.45, 7) is 2.56. The highest BCUT2D eigenvalue weighted by atomic mass is 32.2. The van der Waals surface area contributed by atoms with Gasteiger partial charge < -0.3 is 4.74 Å². The Bertz CT molecular complexity index is 908. The lowest BCUT2D eigenvalue weighted by atomic mass is 9.64. The van der Waals surface area contributed by atoms with Crippen LogP contribution in [0.2, 0.25) is 0 Å². The zero-order valence-electron chi connectivity index (χ0n) is 17.2. The van der Waals surface area contributed by atoms with Gasteiger partial charge in [-0.15, -0.1) is 11.8 Å². The SMILES string of the molecule is CSc1cc([C@]2(OCC3CC3)CC[C@@](C#N)(c3ccccc3)CC2)cc(F)c1C. The molecule has 152 valence electrons. The van der Waals surface area contributed by atoms with Crippen molar-refractivity contribution in [3.63, 3.8) is 0 Å². The summed E-state index contributed by atoms with van der Waals surface area (Å²) in [5.74, 6) is 0.473. The van der Waals surface area contributed by atoms with E-state index in [1.54, 1.807) is 17.8 Å². The van der Waals surface area contributed by atoms with Crippen molar-refractivity contribution >= 4 is 11.8 Å². The Balaban J connectivity index is 1.67. The average molecular weight is 410 g/mol. The van der Waals surface area contributed by atoms with Gasteiger partial charge in [-0.1, -0.05) is 30.3 Å². The van der Waals surface area contributed by atoms with Gasteiger partial charge >= 0.3 is 0 Å². The van der Waals surface area contributed by atoms with Crippen molar-refractivity contribution in [3.8, 4) is 6.07 Å². The van der Waals surface area contributed by atoms with Crippen molar-refractivity contribution in [1.29, 1.82) is 5.26 Å². The van der Waals surface area contributed by atoms with Crippen molar-refractivity contribution in [3.05, 3.63) is 65.0 Å². The monoisotopic (exact) mass is 409 g/mol. The molecule has 0 aromatic heterocycles. The summed E-state index contributed by atoms with van der Waals surface area (Å²) in [6.07, 6.45) is 7.35. The molecule has 0 aliphatic heterocycles. The van der Waals surface area contributed by atoms with E-state index in [1.165, 1.54) is 12.8 Å². The molecule has 2 aromatic rings. The highest BCUT2D eigenvalue weighted by molar-refractivity contribution is 7.98. The predicted octanol–water partition coefficient (Wildman–Crippen LogP) is 6.51. The molecule has 0 saturated heterocycles. The Morgan fingerprint density at radius 2 is 1.79 bits per heavy atom. The highest BCUT2D eigenvalue weighted by Crippen LogP contribution is 2.50. The van der Waals surface area contributed by atoms with Crippen LogP contribution in [0.3, 0.4) is 0 Å². The molecule has 0 atom stereocenters. The molecule has 29 heavy (non-hydrogen) atoms. The fraction of sp³-hybridized carbons (Fsp3) is 0.480. The first-order valence-electron chi connectivity index (χ1n) is 10.5. The van der Waals surface area contributed by atoms with E-state index in [2.05, 4.69) is 24.3 Å². The Kier molecular flexibility index (Phi) is 5.73. The van der Waals surface area contributed by atoms with E-state index in [0.29, 0.717) is 11.5 Å². The fourth-order valence-electron chi connectivity index (χ4n) is 4.51. The molecular formula is C25H28FNOS. The van der Waals surface area contributed by atoms with Crippen LogP contribution in [-0.4, -0.2) is 12.9 Å². The van der Waals surface area contributed by atoms with Gasteiger partial charge in [-0.05, 0) is 86.4 Å². The van der Waals surface area contributed by atoms with Gasteiger partial charge in [-0.25, -0.2) is 4.39 Å². The smallest absolute Gasteiger partial charge is 0.127 e. The molecule has 4 rings (SSSR count). The molecule has 0 radical (unpaired) electrons. The maximum atomic E-state index is 14.7. The van der Waals surface area contributed by atoms with Crippen LogP contribution >= 0.6 is 11.8 Å². The maximum Gasteiger partial charge on any atom is 0.127 e. The van der Waals surface area contributed by atoms with E-state index in [0.717, 1.165) is 48.3 Å². The standard InChI is InChI=1S/C25H28FNOS/c1-18-22(26)14-21(15-23(18)29-2)25(28-16-19-8-9-19)12-10-24(17-27,11-13-25)20-6-4-3-5-7-20/h3-7,14-15,19H,8-13,16H2,1-2H3/t24-,25+. The van der Waals surface area contributed by atoms with E-state index < -0.39 is 11.0 Å². The molecule has 2 saturated carbocycles. The van der Waals surface area contributed by atoms with E-state index in [4.69, 9.17) is 4.74 Å². The number of halogens is 1. The molecular weight excluding hydrogens is 381 g/mol. The lowest BCUT2D eigenvalue weighted by molar-refractivity contribution is -0.0883. The van der Waals surface area contributed by atoms with E-state index in [1.807, 2.05) is 31.4 Å². The largest absolute Gasteiger partial charge is 0.370 e. The quantitative estimate of drug-likeness (QED) is 0.510. The van der Waals surface area contributed by atoms with Crippen LogP contribution in [0.5, 0.6) is 0 Å². The lowest BCUT2D eigenvalue weighted by Crippen LogP contribution is -2.41. The van der Waals surface area contributed by atoms with Crippen LogP contribution < -0.4 is 0 Å². The van der Waals surface area contributed by atoms with E-state index in [9.17, 15) is 9.65 Å². The molecule has 2 aliphatic carbocycles. The minimum absolute atomic E-state index is 0.165. The third-order valence-corrected chi connectivity index (χ3v) is 7.65. The summed E-state index contributed by atoms with van der Waals surface area (Å²) in [5, 5.41) is 10.1. The Morgan fingerprint density at radius 3 is 2.38 bits per heavy atom. The molecule has 0 N–H and O–H groups in total. The van der Waals surface area contributed by atoms with Crippen LogP contribution in [0.1, 0.15) is 55.2 Å². The maximum absolute atomic E-state index is 14.7. The van der Waals surface area contributed by atoms with Crippen molar-refractivity contribution in [1.82, 2.24) is 0 Å². The summed E-state index contributed by atoms with van der Waals surface area (Å²) in [6, 6.07) is 16.5. The summed E-state index contributed by atoms with van der Waals surface area (Å²) in [7, 11) is 0. The van der Waals surface area contributed by atoms with Crippen molar-refractivity contribution in [2.45, 2.75) is 61.4 Å². The number of rotatable bonds is 6. The molecule has 2 aliphatic rings. The Hall–Kier alpha value is -1.83. The molecule has 0 amide bonds. The fourth-order valence-corrected chi connectivity index (χ4v) is 5.16. The van der Waals surface area contributed by atoms with Crippen LogP contribution in [0.15, 0.2) is 47.4 Å². The molecule has 0 spiro atoms. The number of ether oxygens (including phenoxy) is 1. The topological polar surface area (TPSA) is 33.0 Å².